The van der Waals surface area contributed by atoms with Gasteiger partial charge in [-0.2, -0.15) is 0 Å². The van der Waals surface area contributed by atoms with Gasteiger partial charge in [0.1, 0.15) is 24.4 Å². The fourth-order valence-electron chi connectivity index (χ4n) is 2.36. The summed E-state index contributed by atoms with van der Waals surface area (Å²) in [5, 5.41) is 19.1. The average molecular weight is 260 g/mol. The molecule has 0 aliphatic carbocycles. The minimum atomic E-state index is -1.01. The molecule has 0 amide bonds. The molecule has 0 radical (unpaired) electrons. The van der Waals surface area contributed by atoms with Crippen LogP contribution in [0.2, 0.25) is 0 Å². The van der Waals surface area contributed by atoms with E-state index in [-0.39, 0.29) is 12.2 Å². The van der Waals surface area contributed by atoms with Crippen LogP contribution in [0.1, 0.15) is 13.8 Å². The summed E-state index contributed by atoms with van der Waals surface area (Å²) in [5.41, 5.74) is 0.281. The Morgan fingerprint density at radius 1 is 1.39 bits per heavy atom. The Labute approximate surface area is 106 Å². The van der Waals surface area contributed by atoms with Crippen LogP contribution in [0.3, 0.4) is 0 Å². The van der Waals surface area contributed by atoms with Crippen LogP contribution in [0.5, 0.6) is 0 Å². The third-order valence-corrected chi connectivity index (χ3v) is 3.21. The highest BCUT2D eigenvalue weighted by Gasteiger charge is 2.57. The Morgan fingerprint density at radius 3 is 2.56 bits per heavy atom. The first-order chi connectivity index (χ1) is 8.39. The number of aliphatic hydroxyl groups excluding tert-OH is 2. The number of methoxy groups -OCH3 is 1. The molecule has 18 heavy (non-hydrogen) atoms. The Morgan fingerprint density at radius 2 is 2.00 bits per heavy atom. The number of fused-ring (bicyclic) bond motifs is 1. The Balaban J connectivity index is 2.16. The van der Waals surface area contributed by atoms with Crippen LogP contribution in [0.4, 0.5) is 0 Å². The molecule has 0 aromatic heterocycles. The van der Waals surface area contributed by atoms with Gasteiger partial charge in [-0.25, -0.2) is 0 Å². The molecule has 0 unspecified atom stereocenters. The summed E-state index contributed by atoms with van der Waals surface area (Å²) in [6, 6.07) is 0. The van der Waals surface area contributed by atoms with Crippen LogP contribution >= 0.6 is 0 Å². The molecule has 2 aliphatic heterocycles. The smallest absolute Gasteiger partial charge is 0.186 e. The maximum absolute atomic E-state index is 10.1. The van der Waals surface area contributed by atoms with Crippen molar-refractivity contribution in [1.29, 1.82) is 0 Å². The number of rotatable bonds is 4. The largest absolute Gasteiger partial charge is 0.392 e. The van der Waals surface area contributed by atoms with Crippen LogP contribution in [0.15, 0.2) is 12.2 Å². The van der Waals surface area contributed by atoms with E-state index in [9.17, 15) is 5.11 Å². The lowest BCUT2D eigenvalue weighted by Gasteiger charge is -2.26. The molecular weight excluding hydrogens is 240 g/mol. The van der Waals surface area contributed by atoms with E-state index in [1.807, 2.05) is 0 Å². The molecule has 2 aliphatic rings. The number of hydrogen-bond donors (Lipinski definition) is 2. The first-order valence-electron chi connectivity index (χ1n) is 5.90. The summed E-state index contributed by atoms with van der Waals surface area (Å²) in [6.45, 7) is 6.88. The van der Waals surface area contributed by atoms with E-state index < -0.39 is 36.5 Å². The van der Waals surface area contributed by atoms with Gasteiger partial charge in [-0.15, -0.1) is 0 Å². The van der Waals surface area contributed by atoms with Crippen LogP contribution in [-0.2, 0) is 18.9 Å². The van der Waals surface area contributed by atoms with Crippen molar-refractivity contribution >= 4 is 0 Å². The highest BCUT2D eigenvalue weighted by molar-refractivity contribution is 5.10. The van der Waals surface area contributed by atoms with Crippen molar-refractivity contribution in [3.8, 4) is 0 Å². The van der Waals surface area contributed by atoms with Gasteiger partial charge >= 0.3 is 0 Å². The molecule has 2 N–H and O–H groups in total. The molecular formula is C12H20O6. The molecule has 2 saturated heterocycles. The van der Waals surface area contributed by atoms with E-state index in [1.165, 1.54) is 7.11 Å². The summed E-state index contributed by atoms with van der Waals surface area (Å²) < 4.78 is 22.2. The number of aliphatic hydroxyl groups is 2. The second kappa shape index (κ2) is 4.88. The predicted molar refractivity (Wildman–Crippen MR) is 61.7 cm³/mol. The maximum atomic E-state index is 10.1. The molecule has 0 aromatic rings. The summed E-state index contributed by atoms with van der Waals surface area (Å²) in [5.74, 6) is -0.742. The molecule has 0 aromatic carbocycles. The van der Waals surface area contributed by atoms with E-state index in [0.29, 0.717) is 0 Å². The maximum Gasteiger partial charge on any atom is 0.186 e. The van der Waals surface area contributed by atoms with Gasteiger partial charge in [-0.1, -0.05) is 6.58 Å². The number of hydrogen-bond acceptors (Lipinski definition) is 6. The molecule has 0 saturated carbocycles. The van der Waals surface area contributed by atoms with Crippen LogP contribution in [-0.4, -0.2) is 60.4 Å². The van der Waals surface area contributed by atoms with Gasteiger partial charge in [0.15, 0.2) is 12.1 Å². The van der Waals surface area contributed by atoms with Gasteiger partial charge in [-0.3, -0.25) is 0 Å². The first kappa shape index (κ1) is 13.9. The summed E-state index contributed by atoms with van der Waals surface area (Å²) in [6.07, 6.45) is -3.09. The van der Waals surface area contributed by atoms with E-state index in [0.717, 1.165) is 0 Å². The molecule has 0 bridgehead atoms. The molecule has 2 heterocycles. The lowest BCUT2D eigenvalue weighted by Crippen LogP contribution is -2.40. The van der Waals surface area contributed by atoms with Gasteiger partial charge in [-0.05, 0) is 19.4 Å². The van der Waals surface area contributed by atoms with Crippen molar-refractivity contribution in [3.63, 3.8) is 0 Å². The predicted octanol–water partition coefficient (Wildman–Crippen LogP) is -0.213. The van der Waals surface area contributed by atoms with Crippen LogP contribution in [0, 0.1) is 0 Å². The average Bonchev–Trinajstić information content (AvgIpc) is 2.80. The molecule has 2 rings (SSSR count). The normalized spacial score (nSPS) is 39.6. The third kappa shape index (κ3) is 2.32. The zero-order valence-electron chi connectivity index (χ0n) is 10.8. The topological polar surface area (TPSA) is 77.4 Å². The van der Waals surface area contributed by atoms with Crippen molar-refractivity contribution in [2.45, 2.75) is 50.3 Å². The molecule has 5 atom stereocenters. The molecule has 104 valence electrons. The minimum Gasteiger partial charge on any atom is -0.392 e. The van der Waals surface area contributed by atoms with Crippen molar-refractivity contribution in [2.24, 2.45) is 0 Å². The van der Waals surface area contributed by atoms with Gasteiger partial charge in [0.05, 0.1) is 6.61 Å². The second-order valence-corrected chi connectivity index (χ2v) is 5.03. The standard InChI is InChI=1S/C12H20O6/c1-6(5-13)7(14)8-9-10(11(15-4)16-8)18-12(2,3)17-9/h7-11,13-14H,1,5H2,2-4H3/t7-,8-,9+,10+,11+/m1/s1. The van der Waals surface area contributed by atoms with Gasteiger partial charge in [0.2, 0.25) is 0 Å². The Kier molecular flexibility index (Phi) is 3.77. The minimum absolute atomic E-state index is 0.281. The fraction of sp³-hybridized carbons (Fsp3) is 0.833. The lowest BCUT2D eigenvalue weighted by atomic mass is 10.0. The van der Waals surface area contributed by atoms with Crippen molar-refractivity contribution in [2.75, 3.05) is 13.7 Å². The molecule has 6 nitrogen and oxygen atoms in total. The third-order valence-electron chi connectivity index (χ3n) is 3.21. The fourth-order valence-corrected chi connectivity index (χ4v) is 2.36. The van der Waals surface area contributed by atoms with Crippen molar-refractivity contribution in [1.82, 2.24) is 0 Å². The van der Waals surface area contributed by atoms with E-state index in [1.54, 1.807) is 13.8 Å². The van der Waals surface area contributed by atoms with Crippen LogP contribution < -0.4 is 0 Å². The van der Waals surface area contributed by atoms with Gasteiger partial charge in [0, 0.05) is 7.11 Å². The van der Waals surface area contributed by atoms with E-state index >= 15 is 0 Å². The summed E-state index contributed by atoms with van der Waals surface area (Å²) in [4.78, 5) is 0. The van der Waals surface area contributed by atoms with E-state index in [4.69, 9.17) is 24.1 Å². The lowest BCUT2D eigenvalue weighted by molar-refractivity contribution is -0.234. The highest BCUT2D eigenvalue weighted by Crippen LogP contribution is 2.40. The zero-order valence-corrected chi connectivity index (χ0v) is 10.8. The summed E-state index contributed by atoms with van der Waals surface area (Å²) in [7, 11) is 1.51. The van der Waals surface area contributed by atoms with Crippen molar-refractivity contribution in [3.05, 3.63) is 12.2 Å². The molecule has 0 spiro atoms. The second-order valence-electron chi connectivity index (χ2n) is 5.03. The van der Waals surface area contributed by atoms with Crippen molar-refractivity contribution < 1.29 is 29.2 Å². The SMILES string of the molecule is C=C(CO)[C@@H](O)[C@H]1O[C@H](OC)[C@H]2OC(C)(C)O[C@H]21. The molecule has 6 heteroatoms. The number of ether oxygens (including phenoxy) is 4. The first-order valence-corrected chi connectivity index (χ1v) is 5.90. The zero-order chi connectivity index (χ0) is 13.5. The Hall–Kier alpha value is -0.500. The van der Waals surface area contributed by atoms with Gasteiger partial charge < -0.3 is 29.2 Å². The Bertz CT molecular complexity index is 329. The monoisotopic (exact) mass is 260 g/mol. The quantitative estimate of drug-likeness (QED) is 0.681. The van der Waals surface area contributed by atoms with E-state index in [2.05, 4.69) is 6.58 Å². The van der Waals surface area contributed by atoms with Crippen LogP contribution in [0.25, 0.3) is 0 Å². The summed E-state index contributed by atoms with van der Waals surface area (Å²) >= 11 is 0. The highest BCUT2D eigenvalue weighted by atomic mass is 16.8. The van der Waals surface area contributed by atoms with Gasteiger partial charge in [0.25, 0.3) is 0 Å². The molecule has 2 fully saturated rings.